The number of hydrogen-bond donors (Lipinski definition) is 1. The molecule has 2 aromatic rings. The van der Waals surface area contributed by atoms with Gasteiger partial charge in [0.2, 0.25) is 0 Å². The van der Waals surface area contributed by atoms with Crippen molar-refractivity contribution in [2.75, 3.05) is 11.9 Å². The third-order valence-electron chi connectivity index (χ3n) is 4.14. The first-order valence-electron chi connectivity index (χ1n) is 8.56. The van der Waals surface area contributed by atoms with Gasteiger partial charge in [0.25, 0.3) is 5.91 Å². The Morgan fingerprint density at radius 3 is 2.27 bits per heavy atom. The van der Waals surface area contributed by atoms with Crippen LogP contribution in [-0.2, 0) is 22.4 Å². The molecule has 1 aromatic heterocycles. The highest BCUT2D eigenvalue weighted by atomic mass is 16.5. The molecule has 6 heteroatoms. The number of nitrogens with one attached hydrogen (secondary N) is 1. The maximum atomic E-state index is 12.2. The number of rotatable bonds is 6. The normalized spacial score (nSPS) is 10.5. The van der Waals surface area contributed by atoms with Crippen LogP contribution in [0.2, 0.25) is 0 Å². The summed E-state index contributed by atoms with van der Waals surface area (Å²) in [6, 6.07) is 7.09. The van der Waals surface area contributed by atoms with Gasteiger partial charge >= 0.3 is 11.6 Å². The Morgan fingerprint density at radius 2 is 1.73 bits per heavy atom. The molecule has 0 spiro atoms. The van der Waals surface area contributed by atoms with E-state index in [0.29, 0.717) is 5.56 Å². The van der Waals surface area contributed by atoms with Gasteiger partial charge < -0.3 is 14.5 Å². The Hall–Kier alpha value is -2.89. The number of para-hydroxylation sites is 1. The second-order valence-corrected chi connectivity index (χ2v) is 5.96. The lowest BCUT2D eigenvalue weighted by Crippen LogP contribution is -2.23. The van der Waals surface area contributed by atoms with Crippen LogP contribution in [0.25, 0.3) is 0 Å². The fourth-order valence-electron chi connectivity index (χ4n) is 2.84. The van der Waals surface area contributed by atoms with Crippen molar-refractivity contribution in [2.24, 2.45) is 0 Å². The van der Waals surface area contributed by atoms with E-state index in [0.717, 1.165) is 29.7 Å². The van der Waals surface area contributed by atoms with Crippen LogP contribution in [0.4, 0.5) is 5.69 Å². The second-order valence-electron chi connectivity index (χ2n) is 5.96. The molecule has 0 aliphatic heterocycles. The van der Waals surface area contributed by atoms with Crippen molar-refractivity contribution >= 4 is 17.6 Å². The molecule has 1 N–H and O–H groups in total. The highest BCUT2D eigenvalue weighted by Gasteiger charge is 2.18. The molecule has 0 aliphatic rings. The summed E-state index contributed by atoms with van der Waals surface area (Å²) in [5.41, 5.74) is 2.92. The van der Waals surface area contributed by atoms with E-state index >= 15 is 0 Å². The molecule has 0 aliphatic carbocycles. The lowest BCUT2D eigenvalue weighted by Gasteiger charge is -2.14. The monoisotopic (exact) mass is 357 g/mol. The predicted molar refractivity (Wildman–Crippen MR) is 98.6 cm³/mol. The molecule has 2 rings (SSSR count). The minimum atomic E-state index is -0.696. The topological polar surface area (TPSA) is 85.6 Å². The fraction of sp³-hybridized carbons (Fsp3) is 0.350. The maximum absolute atomic E-state index is 12.2. The standard InChI is InChI=1S/C20H23NO5/c1-5-14-8-7-9-15(6-2)19(14)21-16(22)11-25-20(24)18-12(3)10-17(23)26-13(18)4/h7-10H,5-6,11H2,1-4H3,(H,21,22). The molecular formula is C20H23NO5. The lowest BCUT2D eigenvalue weighted by molar-refractivity contribution is -0.119. The Kier molecular flexibility index (Phi) is 6.33. The van der Waals surface area contributed by atoms with E-state index in [1.165, 1.54) is 13.0 Å². The van der Waals surface area contributed by atoms with Gasteiger partial charge in [-0.3, -0.25) is 4.79 Å². The molecule has 0 atom stereocenters. The van der Waals surface area contributed by atoms with Crippen molar-refractivity contribution in [3.63, 3.8) is 0 Å². The second kappa shape index (κ2) is 8.47. The molecule has 0 saturated carbocycles. The highest BCUT2D eigenvalue weighted by Crippen LogP contribution is 2.22. The van der Waals surface area contributed by atoms with Crippen molar-refractivity contribution in [1.82, 2.24) is 0 Å². The first kappa shape index (κ1) is 19.4. The van der Waals surface area contributed by atoms with Crippen molar-refractivity contribution in [1.29, 1.82) is 0 Å². The third-order valence-corrected chi connectivity index (χ3v) is 4.14. The van der Waals surface area contributed by atoms with Gasteiger partial charge in [0.15, 0.2) is 6.61 Å². The summed E-state index contributed by atoms with van der Waals surface area (Å²) >= 11 is 0. The van der Waals surface area contributed by atoms with E-state index in [2.05, 4.69) is 5.32 Å². The Morgan fingerprint density at radius 1 is 1.12 bits per heavy atom. The summed E-state index contributed by atoms with van der Waals surface area (Å²) in [6.45, 7) is 6.73. The Bertz CT molecular complexity index is 834. The van der Waals surface area contributed by atoms with Gasteiger partial charge in [-0.1, -0.05) is 32.0 Å². The first-order valence-corrected chi connectivity index (χ1v) is 8.56. The van der Waals surface area contributed by atoms with E-state index in [1.54, 1.807) is 6.92 Å². The summed E-state index contributed by atoms with van der Waals surface area (Å²) in [7, 11) is 0. The van der Waals surface area contributed by atoms with E-state index in [9.17, 15) is 14.4 Å². The fourth-order valence-corrected chi connectivity index (χ4v) is 2.84. The van der Waals surface area contributed by atoms with Gasteiger partial charge in [-0.25, -0.2) is 9.59 Å². The molecule has 1 amide bonds. The van der Waals surface area contributed by atoms with Gasteiger partial charge in [-0.15, -0.1) is 0 Å². The molecular weight excluding hydrogens is 334 g/mol. The van der Waals surface area contributed by atoms with E-state index < -0.39 is 24.1 Å². The van der Waals surface area contributed by atoms with E-state index in [4.69, 9.17) is 9.15 Å². The number of anilines is 1. The molecule has 0 bridgehead atoms. The van der Waals surface area contributed by atoms with E-state index in [-0.39, 0.29) is 11.3 Å². The van der Waals surface area contributed by atoms with Crippen LogP contribution in [-0.4, -0.2) is 18.5 Å². The number of carbonyl (C=O) groups excluding carboxylic acids is 2. The summed E-state index contributed by atoms with van der Waals surface area (Å²) in [5.74, 6) is -0.940. The number of benzene rings is 1. The average molecular weight is 357 g/mol. The number of aryl methyl sites for hydroxylation is 4. The van der Waals surface area contributed by atoms with Gasteiger partial charge in [-0.2, -0.15) is 0 Å². The average Bonchev–Trinajstić information content (AvgIpc) is 2.59. The predicted octanol–water partition coefficient (Wildman–Crippen LogP) is 3.18. The number of carbonyl (C=O) groups is 2. The molecule has 6 nitrogen and oxygen atoms in total. The van der Waals surface area contributed by atoms with Crippen LogP contribution in [0.1, 0.15) is 46.7 Å². The third kappa shape index (κ3) is 4.39. The Labute approximate surface area is 152 Å². The minimum absolute atomic E-state index is 0.167. The number of amides is 1. The van der Waals surface area contributed by atoms with Crippen LogP contribution in [0.5, 0.6) is 0 Å². The molecule has 1 heterocycles. The molecule has 0 radical (unpaired) electrons. The summed E-state index contributed by atoms with van der Waals surface area (Å²) < 4.78 is 10.0. The number of esters is 1. The van der Waals surface area contributed by atoms with Gasteiger partial charge in [-0.05, 0) is 43.4 Å². The number of hydrogen-bond acceptors (Lipinski definition) is 5. The number of ether oxygens (including phenoxy) is 1. The van der Waals surface area contributed by atoms with Crippen LogP contribution in [0, 0.1) is 13.8 Å². The van der Waals surface area contributed by atoms with Gasteiger partial charge in [0, 0.05) is 11.8 Å². The van der Waals surface area contributed by atoms with Crippen molar-refractivity contribution in [3.8, 4) is 0 Å². The maximum Gasteiger partial charge on any atom is 0.342 e. The highest BCUT2D eigenvalue weighted by molar-refractivity contribution is 5.97. The van der Waals surface area contributed by atoms with Crippen molar-refractivity contribution in [2.45, 2.75) is 40.5 Å². The van der Waals surface area contributed by atoms with Crippen LogP contribution in [0.3, 0.4) is 0 Å². The SMILES string of the molecule is CCc1cccc(CC)c1NC(=O)COC(=O)c1c(C)cc(=O)oc1C. The summed E-state index contributed by atoms with van der Waals surface area (Å²) in [4.78, 5) is 35.8. The summed E-state index contributed by atoms with van der Waals surface area (Å²) in [6.07, 6.45) is 1.56. The smallest absolute Gasteiger partial charge is 0.342 e. The molecule has 0 saturated heterocycles. The molecule has 0 unspecified atom stereocenters. The zero-order valence-corrected chi connectivity index (χ0v) is 15.5. The largest absolute Gasteiger partial charge is 0.452 e. The molecule has 0 fully saturated rings. The quantitative estimate of drug-likeness (QED) is 0.803. The van der Waals surface area contributed by atoms with Crippen molar-refractivity contribution in [3.05, 3.63) is 62.7 Å². The van der Waals surface area contributed by atoms with Gasteiger partial charge in [0.05, 0.1) is 0 Å². The molecule has 138 valence electrons. The molecule has 1 aromatic carbocycles. The van der Waals surface area contributed by atoms with Crippen LogP contribution >= 0.6 is 0 Å². The molecule has 26 heavy (non-hydrogen) atoms. The van der Waals surface area contributed by atoms with Crippen LogP contribution in [0.15, 0.2) is 33.5 Å². The van der Waals surface area contributed by atoms with Gasteiger partial charge in [0.1, 0.15) is 11.3 Å². The minimum Gasteiger partial charge on any atom is -0.452 e. The zero-order chi connectivity index (χ0) is 19.3. The van der Waals surface area contributed by atoms with E-state index in [1.807, 2.05) is 32.0 Å². The lowest BCUT2D eigenvalue weighted by atomic mass is 10.0. The van der Waals surface area contributed by atoms with Crippen molar-refractivity contribution < 1.29 is 18.7 Å². The summed E-state index contributed by atoms with van der Waals surface area (Å²) in [5, 5.41) is 2.84. The first-order chi connectivity index (χ1) is 12.4. The van der Waals surface area contributed by atoms with Crippen LogP contribution < -0.4 is 10.9 Å². The Balaban J connectivity index is 2.09. The zero-order valence-electron chi connectivity index (χ0n) is 15.5.